The molecule has 1 heterocycles. The number of rotatable bonds is 15. The second kappa shape index (κ2) is 15.0. The number of aromatic hydroxyl groups is 2. The number of unbranched alkanes of at least 4 members (excludes halogenated alkanes) is 9. The number of nitrogens with zero attached hydrogens (tertiary/aromatic N) is 1. The van der Waals surface area contributed by atoms with Crippen LogP contribution in [0, 0.1) is 0 Å². The van der Waals surface area contributed by atoms with Crippen molar-refractivity contribution in [2.45, 2.75) is 80.9 Å². The summed E-state index contributed by atoms with van der Waals surface area (Å²) >= 11 is 8.67. The molecule has 29 heavy (non-hydrogen) atoms. The standard InChI is InChI=1S/C20H32N2O2S5/c1-2-3-4-5-6-7-8-9-10-11-12-26-18-13-17(24)19(14-16(18)23)27-20-15-21-22(28-20)29-25/h13-15,21,23-25H,2-12H2,1H3. The fourth-order valence-electron chi connectivity index (χ4n) is 2.94. The number of benzene rings is 1. The molecule has 164 valence electrons. The van der Waals surface area contributed by atoms with Crippen molar-refractivity contribution in [1.82, 2.24) is 9.25 Å². The van der Waals surface area contributed by atoms with Crippen molar-refractivity contribution in [3.05, 3.63) is 22.6 Å². The van der Waals surface area contributed by atoms with Gasteiger partial charge in [-0.25, -0.2) is 0 Å². The number of phenols is 2. The maximum atomic E-state index is 10.3. The lowest BCUT2D eigenvalue weighted by Gasteiger charge is -2.11. The van der Waals surface area contributed by atoms with Crippen LogP contribution in [-0.2, 0) is 0 Å². The highest BCUT2D eigenvalue weighted by molar-refractivity contribution is 8.69. The zero-order chi connectivity index (χ0) is 20.9. The third kappa shape index (κ3) is 9.82. The molecule has 0 saturated heterocycles. The minimum atomic E-state index is 0.205. The summed E-state index contributed by atoms with van der Waals surface area (Å²) in [7, 11) is 1.28. The molecule has 1 aliphatic heterocycles. The molecular weight excluding hydrogens is 461 g/mol. The Morgan fingerprint density at radius 1 is 0.931 bits per heavy atom. The Labute approximate surface area is 197 Å². The smallest absolute Gasteiger partial charge is 0.130 e. The molecule has 2 rings (SSSR count). The topological polar surface area (TPSA) is 55.7 Å². The minimum absolute atomic E-state index is 0.205. The average molecular weight is 493 g/mol. The summed E-state index contributed by atoms with van der Waals surface area (Å²) in [4.78, 5) is 1.40. The monoisotopic (exact) mass is 492 g/mol. The fourth-order valence-corrected chi connectivity index (χ4v) is 6.65. The molecule has 1 aliphatic rings. The molecule has 0 fully saturated rings. The van der Waals surface area contributed by atoms with Crippen LogP contribution in [0.2, 0.25) is 0 Å². The summed E-state index contributed by atoms with van der Waals surface area (Å²) in [5, 5.41) is 20.7. The number of hydrazine groups is 1. The molecule has 1 aromatic rings. The number of hydrogen-bond donors (Lipinski definition) is 4. The third-order valence-corrected chi connectivity index (χ3v) is 9.10. The van der Waals surface area contributed by atoms with E-state index in [-0.39, 0.29) is 11.5 Å². The summed E-state index contributed by atoms with van der Waals surface area (Å²) in [6, 6.07) is 3.33. The van der Waals surface area contributed by atoms with Gasteiger partial charge in [-0.05, 0) is 24.3 Å². The number of hydrogen-bond acceptors (Lipinski definition) is 9. The van der Waals surface area contributed by atoms with Crippen molar-refractivity contribution in [2.24, 2.45) is 0 Å². The average Bonchev–Trinajstić information content (AvgIpc) is 3.17. The number of phenolic OH excluding ortho intramolecular Hbond substituents is 2. The molecule has 0 aromatic heterocycles. The van der Waals surface area contributed by atoms with E-state index in [2.05, 4.69) is 24.0 Å². The van der Waals surface area contributed by atoms with E-state index in [1.807, 2.05) is 6.20 Å². The SMILES string of the molecule is CCCCCCCCCCCCSc1cc(O)c(SC2=CNN(SS)S2)cc1O. The van der Waals surface area contributed by atoms with Crippen LogP contribution in [0.25, 0.3) is 0 Å². The van der Waals surface area contributed by atoms with Gasteiger partial charge in [0.1, 0.15) is 11.5 Å². The lowest BCUT2D eigenvalue weighted by molar-refractivity contribution is 0.439. The van der Waals surface area contributed by atoms with Gasteiger partial charge in [0, 0.05) is 29.1 Å². The van der Waals surface area contributed by atoms with E-state index >= 15 is 0 Å². The first-order valence-corrected chi connectivity index (χ1v) is 14.7. The molecule has 0 unspecified atom stereocenters. The van der Waals surface area contributed by atoms with E-state index < -0.39 is 0 Å². The fraction of sp³-hybridized carbons (Fsp3) is 0.600. The molecule has 9 heteroatoms. The van der Waals surface area contributed by atoms with Gasteiger partial charge in [0.25, 0.3) is 0 Å². The molecule has 0 amide bonds. The summed E-state index contributed by atoms with van der Waals surface area (Å²) in [5.41, 5.74) is 3.04. The van der Waals surface area contributed by atoms with Crippen LogP contribution in [0.1, 0.15) is 71.1 Å². The highest BCUT2D eigenvalue weighted by Gasteiger charge is 2.18. The molecule has 0 spiro atoms. The van der Waals surface area contributed by atoms with E-state index in [4.69, 9.17) is 0 Å². The van der Waals surface area contributed by atoms with Crippen molar-refractivity contribution in [1.29, 1.82) is 0 Å². The summed E-state index contributed by atoms with van der Waals surface area (Å²) in [6.45, 7) is 2.26. The van der Waals surface area contributed by atoms with Gasteiger partial charge in [0.15, 0.2) is 0 Å². The van der Waals surface area contributed by atoms with Crippen molar-refractivity contribution in [3.63, 3.8) is 0 Å². The summed E-state index contributed by atoms with van der Waals surface area (Å²) < 4.78 is 2.77. The van der Waals surface area contributed by atoms with Crippen LogP contribution in [0.15, 0.2) is 32.4 Å². The van der Waals surface area contributed by atoms with Crippen molar-refractivity contribution >= 4 is 58.1 Å². The Morgan fingerprint density at radius 2 is 1.52 bits per heavy atom. The Hall–Kier alpha value is 0.0700. The summed E-state index contributed by atoms with van der Waals surface area (Å²) in [5.74, 6) is 1.41. The maximum Gasteiger partial charge on any atom is 0.130 e. The largest absolute Gasteiger partial charge is 0.507 e. The second-order valence-electron chi connectivity index (χ2n) is 6.94. The van der Waals surface area contributed by atoms with Crippen LogP contribution < -0.4 is 5.43 Å². The molecule has 3 N–H and O–H groups in total. The first-order chi connectivity index (χ1) is 14.1. The molecule has 0 bridgehead atoms. The zero-order valence-corrected chi connectivity index (χ0v) is 21.1. The van der Waals surface area contributed by atoms with E-state index in [1.165, 1.54) is 92.5 Å². The first-order valence-electron chi connectivity index (χ1n) is 10.3. The molecule has 1 aromatic carbocycles. The van der Waals surface area contributed by atoms with Gasteiger partial charge in [-0.2, -0.15) is 0 Å². The number of thiol groups is 1. The maximum absolute atomic E-state index is 10.3. The Bertz CT molecular complexity index is 646. The van der Waals surface area contributed by atoms with E-state index in [1.54, 1.807) is 27.7 Å². The van der Waals surface area contributed by atoms with Crippen LogP contribution in [0.3, 0.4) is 0 Å². The quantitative estimate of drug-likeness (QED) is 0.0491. The molecule has 0 atom stereocenters. The highest BCUT2D eigenvalue weighted by atomic mass is 33.1. The van der Waals surface area contributed by atoms with E-state index in [0.717, 1.165) is 21.3 Å². The molecule has 0 aliphatic carbocycles. The zero-order valence-electron chi connectivity index (χ0n) is 16.9. The van der Waals surface area contributed by atoms with Crippen LogP contribution in [0.4, 0.5) is 0 Å². The van der Waals surface area contributed by atoms with Crippen LogP contribution >= 0.6 is 58.1 Å². The van der Waals surface area contributed by atoms with Gasteiger partial charge in [0.05, 0.1) is 14.0 Å². The summed E-state index contributed by atoms with van der Waals surface area (Å²) in [6.07, 6.45) is 15.1. The van der Waals surface area contributed by atoms with Crippen molar-refractivity contribution in [2.75, 3.05) is 5.75 Å². The minimum Gasteiger partial charge on any atom is -0.507 e. The Morgan fingerprint density at radius 3 is 2.14 bits per heavy atom. The molecule has 4 nitrogen and oxygen atoms in total. The van der Waals surface area contributed by atoms with Crippen molar-refractivity contribution < 1.29 is 10.2 Å². The normalized spacial score (nSPS) is 14.2. The van der Waals surface area contributed by atoms with E-state index in [0.29, 0.717) is 4.90 Å². The highest BCUT2D eigenvalue weighted by Crippen LogP contribution is 2.47. The lowest BCUT2D eigenvalue weighted by Crippen LogP contribution is -2.12. The van der Waals surface area contributed by atoms with Gasteiger partial charge in [0.2, 0.25) is 0 Å². The van der Waals surface area contributed by atoms with Gasteiger partial charge in [-0.3, -0.25) is 0 Å². The Balaban J connectivity index is 1.63. The van der Waals surface area contributed by atoms with E-state index in [9.17, 15) is 10.2 Å². The van der Waals surface area contributed by atoms with Gasteiger partial charge in [-0.15, -0.1) is 11.8 Å². The van der Waals surface area contributed by atoms with Crippen molar-refractivity contribution in [3.8, 4) is 11.5 Å². The molecular formula is C20H32N2O2S5. The molecule has 0 saturated carbocycles. The van der Waals surface area contributed by atoms with Crippen LogP contribution in [-0.4, -0.2) is 19.8 Å². The van der Waals surface area contributed by atoms with Gasteiger partial charge >= 0.3 is 0 Å². The number of nitrogens with one attached hydrogen (secondary N) is 1. The molecule has 0 radical (unpaired) electrons. The lowest BCUT2D eigenvalue weighted by atomic mass is 10.1. The predicted molar refractivity (Wildman–Crippen MR) is 135 cm³/mol. The Kier molecular flexibility index (Phi) is 13.1. The van der Waals surface area contributed by atoms with Gasteiger partial charge < -0.3 is 15.6 Å². The first kappa shape index (κ1) is 25.3. The third-order valence-electron chi connectivity index (χ3n) is 4.54. The number of thioether (sulfide) groups is 2. The predicted octanol–water partition coefficient (Wildman–Crippen LogP) is 7.96. The van der Waals surface area contributed by atoms with Crippen LogP contribution in [0.5, 0.6) is 11.5 Å². The van der Waals surface area contributed by atoms with Gasteiger partial charge in [-0.1, -0.05) is 92.0 Å². The second-order valence-corrected chi connectivity index (χ2v) is 11.7.